The van der Waals surface area contributed by atoms with Crippen LogP contribution in [0.25, 0.3) is 0 Å². The minimum Gasteiger partial charge on any atom is -0.396 e. The zero-order valence-corrected chi connectivity index (χ0v) is 10.8. The molecule has 2 rings (SSSR count). The van der Waals surface area contributed by atoms with Crippen molar-refractivity contribution < 1.29 is 5.11 Å². The van der Waals surface area contributed by atoms with E-state index >= 15 is 0 Å². The van der Waals surface area contributed by atoms with Crippen molar-refractivity contribution in [3.63, 3.8) is 0 Å². The monoisotopic (exact) mass is 240 g/mol. The second kappa shape index (κ2) is 5.25. The van der Waals surface area contributed by atoms with E-state index in [2.05, 4.69) is 22.2 Å². The zero-order chi connectivity index (χ0) is 11.5. The predicted molar refractivity (Wildman–Crippen MR) is 66.5 cm³/mol. The van der Waals surface area contributed by atoms with Crippen LogP contribution in [-0.4, -0.2) is 34.2 Å². The topological polar surface area (TPSA) is 36.4 Å². The molecule has 1 aromatic rings. The normalized spacial score (nSPS) is 27.2. The number of rotatable bonds is 3. The van der Waals surface area contributed by atoms with Crippen molar-refractivity contribution in [3.8, 4) is 0 Å². The van der Waals surface area contributed by atoms with Crippen LogP contribution in [0.1, 0.15) is 30.5 Å². The molecule has 0 aliphatic carbocycles. The Hall–Kier alpha value is -0.450. The summed E-state index contributed by atoms with van der Waals surface area (Å²) >= 11 is 1.74. The Morgan fingerprint density at radius 3 is 3.00 bits per heavy atom. The van der Waals surface area contributed by atoms with Crippen LogP contribution in [0.2, 0.25) is 0 Å². The fraction of sp³-hybridized carbons (Fsp3) is 0.750. The highest BCUT2D eigenvalue weighted by Crippen LogP contribution is 2.24. The Morgan fingerprint density at radius 1 is 1.56 bits per heavy atom. The molecule has 16 heavy (non-hydrogen) atoms. The molecule has 0 bridgehead atoms. The van der Waals surface area contributed by atoms with Crippen molar-refractivity contribution >= 4 is 11.3 Å². The van der Waals surface area contributed by atoms with Gasteiger partial charge in [-0.15, -0.1) is 11.3 Å². The molecule has 2 unspecified atom stereocenters. The molecule has 0 radical (unpaired) electrons. The molecule has 0 amide bonds. The smallest absolute Gasteiger partial charge is 0.107 e. The van der Waals surface area contributed by atoms with Gasteiger partial charge in [0.2, 0.25) is 0 Å². The third-order valence-electron chi connectivity index (χ3n) is 3.37. The summed E-state index contributed by atoms with van der Waals surface area (Å²) in [6.45, 7) is 6.58. The van der Waals surface area contributed by atoms with Gasteiger partial charge in [-0.3, -0.25) is 4.90 Å². The number of aliphatic hydroxyl groups excluding tert-OH is 1. The Balaban J connectivity index is 1.96. The highest BCUT2D eigenvalue weighted by Gasteiger charge is 2.25. The average molecular weight is 240 g/mol. The first kappa shape index (κ1) is 12.0. The van der Waals surface area contributed by atoms with E-state index in [1.54, 1.807) is 11.3 Å². The highest BCUT2D eigenvalue weighted by atomic mass is 32.1. The van der Waals surface area contributed by atoms with E-state index in [0.29, 0.717) is 18.6 Å². The van der Waals surface area contributed by atoms with Crippen molar-refractivity contribution in [3.05, 3.63) is 16.1 Å². The summed E-state index contributed by atoms with van der Waals surface area (Å²) < 4.78 is 0. The molecule has 0 saturated carbocycles. The third-order valence-corrected chi connectivity index (χ3v) is 4.32. The van der Waals surface area contributed by atoms with Gasteiger partial charge in [-0.05, 0) is 32.6 Å². The summed E-state index contributed by atoms with van der Waals surface area (Å²) in [6, 6.07) is 0.618. The lowest BCUT2D eigenvalue weighted by Crippen LogP contribution is -2.42. The number of aromatic nitrogens is 1. The molecule has 3 nitrogen and oxygen atoms in total. The highest BCUT2D eigenvalue weighted by molar-refractivity contribution is 7.09. The zero-order valence-electron chi connectivity index (χ0n) is 10.0. The van der Waals surface area contributed by atoms with Gasteiger partial charge in [0, 0.05) is 30.3 Å². The molecule has 0 spiro atoms. The SMILES string of the molecule is Cc1csc(CN2CC(CO)CCC2C)n1. The van der Waals surface area contributed by atoms with Gasteiger partial charge < -0.3 is 5.11 Å². The lowest BCUT2D eigenvalue weighted by atomic mass is 9.94. The van der Waals surface area contributed by atoms with E-state index in [1.165, 1.54) is 11.4 Å². The molecule has 1 aromatic heterocycles. The third kappa shape index (κ3) is 2.81. The predicted octanol–water partition coefficient (Wildman–Crippen LogP) is 2.04. The van der Waals surface area contributed by atoms with Gasteiger partial charge >= 0.3 is 0 Å². The van der Waals surface area contributed by atoms with Gasteiger partial charge in [0.25, 0.3) is 0 Å². The van der Waals surface area contributed by atoms with Crippen LogP contribution in [0.3, 0.4) is 0 Å². The molecule has 1 N–H and O–H groups in total. The number of thiazole rings is 1. The summed E-state index contributed by atoms with van der Waals surface area (Å²) in [5, 5.41) is 12.5. The number of hydrogen-bond acceptors (Lipinski definition) is 4. The van der Waals surface area contributed by atoms with E-state index in [4.69, 9.17) is 0 Å². The first-order valence-electron chi connectivity index (χ1n) is 5.95. The quantitative estimate of drug-likeness (QED) is 0.878. The lowest BCUT2D eigenvalue weighted by Gasteiger charge is -2.36. The largest absolute Gasteiger partial charge is 0.396 e. The van der Waals surface area contributed by atoms with Gasteiger partial charge in [0.1, 0.15) is 5.01 Å². The van der Waals surface area contributed by atoms with Crippen LogP contribution in [0, 0.1) is 12.8 Å². The van der Waals surface area contributed by atoms with Gasteiger partial charge in [0.15, 0.2) is 0 Å². The lowest BCUT2D eigenvalue weighted by molar-refractivity contribution is 0.0771. The summed E-state index contributed by atoms with van der Waals surface area (Å²) in [6.07, 6.45) is 2.35. The fourth-order valence-electron chi connectivity index (χ4n) is 2.28. The molecule has 2 heterocycles. The molecular formula is C12H20N2OS. The summed E-state index contributed by atoms with van der Waals surface area (Å²) in [5.74, 6) is 0.456. The maximum Gasteiger partial charge on any atom is 0.107 e. The maximum absolute atomic E-state index is 9.23. The molecule has 1 fully saturated rings. The average Bonchev–Trinajstić information content (AvgIpc) is 2.67. The summed E-state index contributed by atoms with van der Waals surface area (Å²) in [7, 11) is 0. The number of hydrogen-bond donors (Lipinski definition) is 1. The Morgan fingerprint density at radius 2 is 2.38 bits per heavy atom. The van der Waals surface area contributed by atoms with E-state index in [0.717, 1.165) is 25.2 Å². The minimum absolute atomic E-state index is 0.320. The fourth-order valence-corrected chi connectivity index (χ4v) is 3.08. The Labute approximate surface area is 101 Å². The van der Waals surface area contributed by atoms with Crippen LogP contribution in [-0.2, 0) is 6.54 Å². The Bertz CT molecular complexity index is 340. The second-order valence-electron chi connectivity index (χ2n) is 4.79. The number of aliphatic hydroxyl groups is 1. The van der Waals surface area contributed by atoms with Gasteiger partial charge in [0.05, 0.1) is 6.54 Å². The standard InChI is InChI=1S/C12H20N2OS/c1-9-8-16-12(13-9)6-14-5-11(7-15)4-3-10(14)2/h8,10-11,15H,3-7H2,1-2H3. The van der Waals surface area contributed by atoms with Crippen LogP contribution < -0.4 is 0 Å². The number of aryl methyl sites for hydroxylation is 1. The second-order valence-corrected chi connectivity index (χ2v) is 5.73. The molecular weight excluding hydrogens is 220 g/mol. The Kier molecular flexibility index (Phi) is 3.95. The van der Waals surface area contributed by atoms with Crippen LogP contribution in [0.4, 0.5) is 0 Å². The number of likely N-dealkylation sites (tertiary alicyclic amines) is 1. The van der Waals surface area contributed by atoms with Crippen LogP contribution >= 0.6 is 11.3 Å². The molecule has 1 aliphatic rings. The van der Waals surface area contributed by atoms with E-state index in [-0.39, 0.29) is 0 Å². The van der Waals surface area contributed by atoms with E-state index in [1.807, 2.05) is 6.92 Å². The minimum atomic E-state index is 0.320. The first-order valence-corrected chi connectivity index (χ1v) is 6.83. The van der Waals surface area contributed by atoms with Crippen molar-refractivity contribution in [1.29, 1.82) is 0 Å². The first-order chi connectivity index (χ1) is 7.69. The van der Waals surface area contributed by atoms with Gasteiger partial charge in [-0.2, -0.15) is 0 Å². The van der Waals surface area contributed by atoms with Crippen molar-refractivity contribution in [2.45, 2.75) is 39.3 Å². The number of nitrogens with zero attached hydrogens (tertiary/aromatic N) is 2. The van der Waals surface area contributed by atoms with Crippen molar-refractivity contribution in [1.82, 2.24) is 9.88 Å². The number of piperidine rings is 1. The van der Waals surface area contributed by atoms with Crippen LogP contribution in [0.5, 0.6) is 0 Å². The van der Waals surface area contributed by atoms with E-state index < -0.39 is 0 Å². The molecule has 0 aromatic carbocycles. The van der Waals surface area contributed by atoms with Gasteiger partial charge in [-0.1, -0.05) is 0 Å². The van der Waals surface area contributed by atoms with Crippen molar-refractivity contribution in [2.75, 3.05) is 13.2 Å². The summed E-state index contributed by atoms with van der Waals surface area (Å²) in [5.41, 5.74) is 1.11. The summed E-state index contributed by atoms with van der Waals surface area (Å²) in [4.78, 5) is 6.95. The molecule has 1 aliphatic heterocycles. The van der Waals surface area contributed by atoms with Crippen LogP contribution in [0.15, 0.2) is 5.38 Å². The molecule has 4 heteroatoms. The molecule has 2 atom stereocenters. The van der Waals surface area contributed by atoms with Crippen molar-refractivity contribution in [2.24, 2.45) is 5.92 Å². The molecule has 90 valence electrons. The van der Waals surface area contributed by atoms with Gasteiger partial charge in [-0.25, -0.2) is 4.98 Å². The molecule has 1 saturated heterocycles. The maximum atomic E-state index is 9.23. The van der Waals surface area contributed by atoms with E-state index in [9.17, 15) is 5.11 Å².